The highest BCUT2D eigenvalue weighted by molar-refractivity contribution is 7.92. The highest BCUT2D eigenvalue weighted by atomic mass is 32.2. The molecule has 10 heteroatoms. The molecule has 1 fully saturated rings. The molecule has 34 heavy (non-hydrogen) atoms. The molecule has 0 amide bonds. The van der Waals surface area contributed by atoms with E-state index in [2.05, 4.69) is 30.8 Å². The number of anilines is 1. The fraction of sp³-hybridized carbons (Fsp3) is 0.458. The van der Waals surface area contributed by atoms with E-state index in [-0.39, 0.29) is 0 Å². The molecule has 0 spiro atoms. The number of hydrogen-bond donors (Lipinski definition) is 1. The topological polar surface area (TPSA) is 107 Å². The Labute approximate surface area is 200 Å². The van der Waals surface area contributed by atoms with Gasteiger partial charge in [0.1, 0.15) is 23.8 Å². The van der Waals surface area contributed by atoms with Crippen molar-refractivity contribution < 1.29 is 8.42 Å². The van der Waals surface area contributed by atoms with Gasteiger partial charge in [-0.15, -0.1) is 5.10 Å². The first kappa shape index (κ1) is 22.6. The van der Waals surface area contributed by atoms with Gasteiger partial charge in [0.05, 0.1) is 11.8 Å². The summed E-state index contributed by atoms with van der Waals surface area (Å²) in [5, 5.41) is 16.6. The summed E-state index contributed by atoms with van der Waals surface area (Å²) in [6.07, 6.45) is 7.77. The van der Waals surface area contributed by atoms with Crippen LogP contribution in [0.15, 0.2) is 30.6 Å². The van der Waals surface area contributed by atoms with Crippen LogP contribution in [-0.2, 0) is 29.3 Å². The van der Waals surface area contributed by atoms with Crippen LogP contribution in [0.2, 0.25) is 0 Å². The number of fused-ring (bicyclic) bond motifs is 3. The highest BCUT2D eigenvalue weighted by Crippen LogP contribution is 2.38. The van der Waals surface area contributed by atoms with E-state index in [9.17, 15) is 13.7 Å². The average Bonchev–Trinajstić information content (AvgIpc) is 3.16. The van der Waals surface area contributed by atoms with E-state index in [1.807, 2.05) is 23.0 Å². The Morgan fingerprint density at radius 3 is 2.62 bits per heavy atom. The van der Waals surface area contributed by atoms with E-state index in [1.165, 1.54) is 11.1 Å². The van der Waals surface area contributed by atoms with Crippen molar-refractivity contribution in [3.8, 4) is 17.5 Å². The van der Waals surface area contributed by atoms with Crippen molar-refractivity contribution in [1.82, 2.24) is 19.8 Å². The summed E-state index contributed by atoms with van der Waals surface area (Å²) in [6.45, 7) is 4.41. The first-order chi connectivity index (χ1) is 16.4. The van der Waals surface area contributed by atoms with E-state index in [4.69, 9.17) is 0 Å². The molecule has 1 aromatic rings. The number of rotatable bonds is 6. The number of benzene rings is 1. The Hall–Kier alpha value is -3.16. The molecule has 5 rings (SSSR count). The molecule has 1 N–H and O–H groups in total. The third-order valence-electron chi connectivity index (χ3n) is 6.74. The second kappa shape index (κ2) is 9.24. The Morgan fingerprint density at radius 2 is 1.88 bits per heavy atom. The van der Waals surface area contributed by atoms with Gasteiger partial charge in [0.15, 0.2) is 0 Å². The molecular formula is C24H29N7O2S. The van der Waals surface area contributed by atoms with Gasteiger partial charge >= 0.3 is 0 Å². The lowest BCUT2D eigenvalue weighted by atomic mass is 9.94. The summed E-state index contributed by atoms with van der Waals surface area (Å²) >= 11 is 0. The highest BCUT2D eigenvalue weighted by Gasteiger charge is 2.31. The molecule has 0 aromatic heterocycles. The van der Waals surface area contributed by atoms with Crippen molar-refractivity contribution in [3.05, 3.63) is 52.8 Å². The van der Waals surface area contributed by atoms with Crippen LogP contribution in [0.5, 0.6) is 0 Å². The standard InChI is InChI=1S/C24H29N7O2S/c1-34(32,33)28-19-6-4-5-18(15-19)9-10-29-11-13-30(14-12-29)31-24-21-8-3-2-7-20(21)22(16-25)23(24)26-17-27-31/h4-6,15,17,28H,2-3,7-14H2,1H3. The van der Waals surface area contributed by atoms with E-state index in [0.717, 1.165) is 93.6 Å². The van der Waals surface area contributed by atoms with Crippen LogP contribution in [0, 0.1) is 11.3 Å². The third kappa shape index (κ3) is 4.58. The molecule has 9 nitrogen and oxygen atoms in total. The summed E-state index contributed by atoms with van der Waals surface area (Å²) < 4.78 is 25.5. The zero-order valence-corrected chi connectivity index (χ0v) is 20.2. The molecule has 1 aromatic carbocycles. The lowest BCUT2D eigenvalue weighted by molar-refractivity contribution is 0.237. The van der Waals surface area contributed by atoms with Crippen LogP contribution >= 0.6 is 0 Å². The van der Waals surface area contributed by atoms with Gasteiger partial charge in [0.2, 0.25) is 10.0 Å². The molecule has 178 valence electrons. The minimum absolute atomic E-state index is 0.601. The second-order valence-electron chi connectivity index (χ2n) is 9.12. The minimum atomic E-state index is -3.28. The summed E-state index contributed by atoms with van der Waals surface area (Å²) in [5.41, 5.74) is 6.66. The minimum Gasteiger partial charge on any atom is -0.299 e. The zero-order chi connectivity index (χ0) is 23.7. The number of nitrogens with one attached hydrogen (secondary N) is 1. The van der Waals surface area contributed by atoms with Crippen LogP contribution in [0.4, 0.5) is 5.69 Å². The van der Waals surface area contributed by atoms with Crippen LogP contribution in [0.25, 0.3) is 11.4 Å². The van der Waals surface area contributed by atoms with Crippen molar-refractivity contribution in [3.63, 3.8) is 0 Å². The second-order valence-corrected chi connectivity index (χ2v) is 10.9. The van der Waals surface area contributed by atoms with Gasteiger partial charge in [-0.1, -0.05) is 12.1 Å². The van der Waals surface area contributed by atoms with Gasteiger partial charge < -0.3 is 0 Å². The van der Waals surface area contributed by atoms with Crippen molar-refractivity contribution in [2.24, 2.45) is 0 Å². The van der Waals surface area contributed by atoms with E-state index < -0.39 is 10.0 Å². The average molecular weight is 480 g/mol. The van der Waals surface area contributed by atoms with Gasteiger partial charge in [0, 0.05) is 38.4 Å². The van der Waals surface area contributed by atoms with Crippen molar-refractivity contribution in [2.75, 3.05) is 48.7 Å². The lowest BCUT2D eigenvalue weighted by Gasteiger charge is -2.37. The van der Waals surface area contributed by atoms with Crippen molar-refractivity contribution in [2.45, 2.75) is 32.1 Å². The lowest BCUT2D eigenvalue weighted by Crippen LogP contribution is -2.52. The number of nitrogens with zero attached hydrogens (tertiary/aromatic N) is 6. The number of nitriles is 1. The Morgan fingerprint density at radius 1 is 1.12 bits per heavy atom. The summed E-state index contributed by atoms with van der Waals surface area (Å²) in [6, 6.07) is 9.97. The summed E-state index contributed by atoms with van der Waals surface area (Å²) in [7, 11) is -3.28. The quantitative estimate of drug-likeness (QED) is 0.576. The van der Waals surface area contributed by atoms with E-state index in [1.54, 1.807) is 12.4 Å². The number of sulfonamides is 1. The number of aromatic nitrogens is 3. The fourth-order valence-corrected chi connectivity index (χ4v) is 5.71. The SMILES string of the molecule is CS(=O)(=O)Nc1cccc(CCN2CCN(n3ncnc4c(C#N)c5c(c3-4)CCCC5)CC2)c1. The molecule has 1 saturated heterocycles. The number of hydrogen-bond acceptors (Lipinski definition) is 7. The zero-order valence-electron chi connectivity index (χ0n) is 19.4. The molecule has 0 unspecified atom stereocenters. The molecule has 0 saturated carbocycles. The van der Waals surface area contributed by atoms with Gasteiger partial charge in [-0.2, -0.15) is 10.1 Å². The number of piperazine rings is 1. The molecule has 0 radical (unpaired) electrons. The predicted octanol–water partition coefficient (Wildman–Crippen LogP) is 2.00. The normalized spacial score (nSPS) is 16.9. The van der Waals surface area contributed by atoms with Crippen LogP contribution < -0.4 is 9.73 Å². The van der Waals surface area contributed by atoms with Gasteiger partial charge in [-0.05, 0) is 60.9 Å². The Kier molecular flexibility index (Phi) is 6.15. The first-order valence-electron chi connectivity index (χ1n) is 11.7. The maximum Gasteiger partial charge on any atom is 0.229 e. The van der Waals surface area contributed by atoms with Gasteiger partial charge in [-0.3, -0.25) is 14.6 Å². The third-order valence-corrected chi connectivity index (χ3v) is 7.35. The molecule has 2 aliphatic heterocycles. The van der Waals surface area contributed by atoms with Crippen LogP contribution in [0.1, 0.15) is 35.1 Å². The largest absolute Gasteiger partial charge is 0.299 e. The van der Waals surface area contributed by atoms with E-state index >= 15 is 0 Å². The van der Waals surface area contributed by atoms with Gasteiger partial charge in [-0.25, -0.2) is 13.4 Å². The van der Waals surface area contributed by atoms with Gasteiger partial charge in [0.25, 0.3) is 0 Å². The fourth-order valence-electron chi connectivity index (χ4n) is 5.15. The van der Waals surface area contributed by atoms with Crippen LogP contribution in [0.3, 0.4) is 0 Å². The van der Waals surface area contributed by atoms with Crippen molar-refractivity contribution >= 4 is 15.7 Å². The van der Waals surface area contributed by atoms with Crippen LogP contribution in [-0.4, -0.2) is 67.2 Å². The molecule has 2 aliphatic carbocycles. The molecule has 2 heterocycles. The smallest absolute Gasteiger partial charge is 0.229 e. The summed E-state index contributed by atoms with van der Waals surface area (Å²) in [5.74, 6) is 0. The first-order valence-corrected chi connectivity index (χ1v) is 13.6. The summed E-state index contributed by atoms with van der Waals surface area (Å²) in [4.78, 5) is 8.90. The molecule has 0 atom stereocenters. The monoisotopic (exact) mass is 479 g/mol. The molecular weight excluding hydrogens is 450 g/mol. The predicted molar refractivity (Wildman–Crippen MR) is 131 cm³/mol. The van der Waals surface area contributed by atoms with Crippen molar-refractivity contribution in [1.29, 1.82) is 5.26 Å². The van der Waals surface area contributed by atoms with E-state index in [0.29, 0.717) is 5.69 Å². The molecule has 4 aliphatic rings. The maximum atomic E-state index is 11.5. The maximum absolute atomic E-state index is 11.5. The molecule has 0 bridgehead atoms. The Balaban J connectivity index is 1.25. The Bertz CT molecular complexity index is 1300.